The predicted molar refractivity (Wildman–Crippen MR) is 111 cm³/mol. The Kier molecular flexibility index (Phi) is 5.62. The quantitative estimate of drug-likeness (QED) is 0.660. The Morgan fingerprint density at radius 3 is 2.68 bits per heavy atom. The number of aromatic nitrogens is 2. The van der Waals surface area contributed by atoms with Gasteiger partial charge in [0.15, 0.2) is 11.6 Å². The van der Waals surface area contributed by atoms with Gasteiger partial charge in [0.05, 0.1) is 0 Å². The molecule has 8 heteroatoms. The second kappa shape index (κ2) is 8.51. The molecule has 0 saturated heterocycles. The Balaban J connectivity index is 1.54. The Labute approximate surface area is 178 Å². The van der Waals surface area contributed by atoms with Gasteiger partial charge in [-0.3, -0.25) is 14.6 Å². The molecule has 2 amide bonds. The highest BCUT2D eigenvalue weighted by Gasteiger charge is 2.32. The lowest BCUT2D eigenvalue weighted by molar-refractivity contribution is 0.0763. The molecule has 4 rings (SSSR count). The summed E-state index contributed by atoms with van der Waals surface area (Å²) < 4.78 is 20.1. The number of pyridine rings is 2. The van der Waals surface area contributed by atoms with Crippen LogP contribution in [0.3, 0.4) is 0 Å². The fraction of sp³-hybridized carbons (Fsp3) is 0.217. The predicted octanol–water partition coefficient (Wildman–Crippen LogP) is 3.49. The van der Waals surface area contributed by atoms with Crippen LogP contribution in [0.2, 0.25) is 0 Å². The van der Waals surface area contributed by atoms with Crippen LogP contribution in [0, 0.1) is 5.82 Å². The highest BCUT2D eigenvalue weighted by Crippen LogP contribution is 2.33. The van der Waals surface area contributed by atoms with Crippen LogP contribution in [0.1, 0.15) is 44.5 Å². The second-order valence-corrected chi connectivity index (χ2v) is 7.16. The number of ether oxygens (including phenoxy) is 1. The second-order valence-electron chi connectivity index (χ2n) is 7.16. The molecule has 31 heavy (non-hydrogen) atoms. The molecule has 1 aliphatic rings. The number of nitrogens with one attached hydrogen (secondary N) is 1. The minimum absolute atomic E-state index is 0.0262. The zero-order valence-corrected chi connectivity index (χ0v) is 17.2. The van der Waals surface area contributed by atoms with Gasteiger partial charge in [-0.2, -0.15) is 0 Å². The molecular formula is C23H21FN4O3. The molecule has 0 atom stereocenters. The highest BCUT2D eigenvalue weighted by atomic mass is 19.1. The lowest BCUT2D eigenvalue weighted by Crippen LogP contribution is -2.24. The van der Waals surface area contributed by atoms with Crippen molar-refractivity contribution in [1.29, 1.82) is 0 Å². The van der Waals surface area contributed by atoms with Gasteiger partial charge in [0.1, 0.15) is 11.3 Å². The summed E-state index contributed by atoms with van der Waals surface area (Å²) >= 11 is 0. The lowest BCUT2D eigenvalue weighted by atomic mass is 10.1. The topological polar surface area (TPSA) is 84.4 Å². The Bertz CT molecular complexity index is 1150. The van der Waals surface area contributed by atoms with E-state index in [1.807, 2.05) is 6.92 Å². The van der Waals surface area contributed by atoms with Crippen LogP contribution in [0.4, 0.5) is 4.39 Å². The van der Waals surface area contributed by atoms with E-state index in [2.05, 4.69) is 15.3 Å². The lowest BCUT2D eigenvalue weighted by Gasteiger charge is -2.15. The Morgan fingerprint density at radius 1 is 1.19 bits per heavy atom. The number of hydrogen-bond acceptors (Lipinski definition) is 5. The van der Waals surface area contributed by atoms with Gasteiger partial charge in [0.25, 0.3) is 11.8 Å². The van der Waals surface area contributed by atoms with Crippen LogP contribution in [-0.4, -0.2) is 33.7 Å². The van der Waals surface area contributed by atoms with Crippen molar-refractivity contribution in [3.05, 3.63) is 82.6 Å². The van der Waals surface area contributed by atoms with Crippen molar-refractivity contribution >= 4 is 11.8 Å². The summed E-state index contributed by atoms with van der Waals surface area (Å²) in [5.74, 6) is -0.912. The van der Waals surface area contributed by atoms with Crippen molar-refractivity contribution in [3.63, 3.8) is 0 Å². The van der Waals surface area contributed by atoms with Gasteiger partial charge < -0.3 is 15.0 Å². The van der Waals surface area contributed by atoms with Crippen LogP contribution in [0.25, 0.3) is 0 Å². The van der Waals surface area contributed by atoms with E-state index in [1.165, 1.54) is 13.1 Å². The molecule has 2 aromatic heterocycles. The molecule has 0 aliphatic carbocycles. The van der Waals surface area contributed by atoms with Crippen LogP contribution in [0.15, 0.2) is 48.8 Å². The molecule has 1 aliphatic heterocycles. The number of nitrogens with zero attached hydrogens (tertiary/aromatic N) is 3. The number of hydrogen-bond donors (Lipinski definition) is 1. The molecule has 1 N–H and O–H groups in total. The van der Waals surface area contributed by atoms with Crippen molar-refractivity contribution in [3.8, 4) is 11.6 Å². The molecule has 0 saturated carbocycles. The molecule has 0 bridgehead atoms. The fourth-order valence-corrected chi connectivity index (χ4v) is 3.43. The molecule has 0 radical (unpaired) electrons. The maximum Gasteiger partial charge on any atom is 0.269 e. The van der Waals surface area contributed by atoms with Crippen LogP contribution < -0.4 is 10.1 Å². The number of amides is 2. The summed E-state index contributed by atoms with van der Waals surface area (Å²) in [7, 11) is 1.54. The van der Waals surface area contributed by atoms with E-state index in [9.17, 15) is 14.0 Å². The van der Waals surface area contributed by atoms with E-state index in [0.717, 1.165) is 16.7 Å². The van der Waals surface area contributed by atoms with Crippen molar-refractivity contribution < 1.29 is 18.7 Å². The van der Waals surface area contributed by atoms with Crippen molar-refractivity contribution in [1.82, 2.24) is 20.2 Å². The van der Waals surface area contributed by atoms with E-state index in [0.29, 0.717) is 30.8 Å². The number of carbonyl (C=O) groups excluding carboxylic acids is 2. The largest absolute Gasteiger partial charge is 0.435 e. The zero-order valence-electron chi connectivity index (χ0n) is 17.2. The van der Waals surface area contributed by atoms with Crippen molar-refractivity contribution in [2.75, 3.05) is 7.05 Å². The SMILES string of the molecule is CCc1ccc(Oc2nccc3c2C(=O)N(Cc2ccc(C(=O)NC)nc2)C3)c(F)c1. The molecule has 0 spiro atoms. The number of benzene rings is 1. The van der Waals surface area contributed by atoms with Crippen molar-refractivity contribution in [2.24, 2.45) is 0 Å². The zero-order chi connectivity index (χ0) is 22.0. The van der Waals surface area contributed by atoms with Gasteiger partial charge in [-0.25, -0.2) is 9.37 Å². The van der Waals surface area contributed by atoms with Gasteiger partial charge in [-0.1, -0.05) is 19.1 Å². The summed E-state index contributed by atoms with van der Waals surface area (Å²) in [5.41, 5.74) is 3.03. The van der Waals surface area contributed by atoms with E-state index in [4.69, 9.17) is 4.74 Å². The maximum absolute atomic E-state index is 14.4. The molecule has 158 valence electrons. The minimum Gasteiger partial charge on any atom is -0.435 e. The average Bonchev–Trinajstić information content (AvgIpc) is 3.11. The molecular weight excluding hydrogens is 399 g/mol. The van der Waals surface area contributed by atoms with Gasteiger partial charge in [-0.05, 0) is 47.4 Å². The summed E-state index contributed by atoms with van der Waals surface area (Å²) in [6.07, 6.45) is 3.83. The first-order valence-corrected chi connectivity index (χ1v) is 9.90. The van der Waals surface area contributed by atoms with E-state index in [1.54, 1.807) is 47.6 Å². The highest BCUT2D eigenvalue weighted by molar-refractivity contribution is 6.00. The smallest absolute Gasteiger partial charge is 0.269 e. The third-order valence-electron chi connectivity index (χ3n) is 5.13. The van der Waals surface area contributed by atoms with Crippen LogP contribution in [0.5, 0.6) is 11.6 Å². The van der Waals surface area contributed by atoms with E-state index < -0.39 is 5.82 Å². The Morgan fingerprint density at radius 2 is 2.00 bits per heavy atom. The number of fused-ring (bicyclic) bond motifs is 1. The number of aryl methyl sites for hydroxylation is 1. The summed E-state index contributed by atoms with van der Waals surface area (Å²) in [5, 5.41) is 2.52. The molecule has 0 unspecified atom stereocenters. The molecule has 1 aromatic carbocycles. The fourth-order valence-electron chi connectivity index (χ4n) is 3.43. The van der Waals surface area contributed by atoms with E-state index in [-0.39, 0.29) is 23.4 Å². The monoisotopic (exact) mass is 420 g/mol. The summed E-state index contributed by atoms with van der Waals surface area (Å²) in [4.78, 5) is 34.6. The minimum atomic E-state index is -0.497. The summed E-state index contributed by atoms with van der Waals surface area (Å²) in [6.45, 7) is 2.63. The van der Waals surface area contributed by atoms with Crippen LogP contribution in [-0.2, 0) is 19.5 Å². The van der Waals surface area contributed by atoms with Gasteiger partial charge >= 0.3 is 0 Å². The van der Waals surface area contributed by atoms with Gasteiger partial charge in [-0.15, -0.1) is 0 Å². The standard InChI is InChI=1S/C23H21FN4O3/c1-3-14-5-7-19(17(24)10-14)31-22-20-16(8-9-26-22)13-28(23(20)30)12-15-4-6-18(27-11-15)21(29)25-2/h4-11H,3,12-13H2,1-2H3,(H,25,29). The van der Waals surface area contributed by atoms with E-state index >= 15 is 0 Å². The first-order valence-electron chi connectivity index (χ1n) is 9.90. The number of rotatable bonds is 6. The van der Waals surface area contributed by atoms with Gasteiger partial charge in [0.2, 0.25) is 5.88 Å². The Hall–Kier alpha value is -3.81. The van der Waals surface area contributed by atoms with Gasteiger partial charge in [0, 0.05) is 32.5 Å². The molecule has 7 nitrogen and oxygen atoms in total. The first kappa shape index (κ1) is 20.5. The summed E-state index contributed by atoms with van der Waals surface area (Å²) in [6, 6.07) is 9.87. The molecule has 0 fully saturated rings. The molecule has 3 heterocycles. The number of carbonyl (C=O) groups is 2. The number of halogens is 1. The maximum atomic E-state index is 14.4. The third-order valence-corrected chi connectivity index (χ3v) is 5.13. The first-order chi connectivity index (χ1) is 15.0. The van der Waals surface area contributed by atoms with Crippen molar-refractivity contribution in [2.45, 2.75) is 26.4 Å². The normalized spacial score (nSPS) is 12.6. The van der Waals surface area contributed by atoms with Crippen LogP contribution >= 0.6 is 0 Å². The third kappa shape index (κ3) is 4.09. The average molecular weight is 420 g/mol. The molecule has 3 aromatic rings.